The number of amides is 3. The largest absolute Gasteiger partial charge is 0.447 e. The van der Waals surface area contributed by atoms with Crippen molar-refractivity contribution >= 4 is 18.1 Å². The summed E-state index contributed by atoms with van der Waals surface area (Å²) >= 11 is 0. The Balaban J connectivity index is 1.46. The van der Waals surface area contributed by atoms with E-state index in [2.05, 4.69) is 0 Å². The molecule has 1 atom stereocenters. The number of cyclic esters (lactones) is 1. The number of piperidine rings is 1. The van der Waals surface area contributed by atoms with E-state index >= 15 is 0 Å². The summed E-state index contributed by atoms with van der Waals surface area (Å²) in [4.78, 5) is 40.1. The maximum atomic E-state index is 12.8. The number of likely N-dealkylation sites (tertiary alicyclic amines) is 1. The molecule has 0 bridgehead atoms. The Labute approximate surface area is 178 Å². The van der Waals surface area contributed by atoms with E-state index in [9.17, 15) is 14.4 Å². The van der Waals surface area contributed by atoms with Crippen LogP contribution in [0.4, 0.5) is 9.59 Å². The van der Waals surface area contributed by atoms with Crippen molar-refractivity contribution in [2.45, 2.75) is 64.5 Å². The van der Waals surface area contributed by atoms with Crippen molar-refractivity contribution in [3.05, 3.63) is 35.9 Å². The van der Waals surface area contributed by atoms with Crippen molar-refractivity contribution in [1.82, 2.24) is 9.80 Å². The third-order valence-electron chi connectivity index (χ3n) is 5.58. The van der Waals surface area contributed by atoms with Crippen LogP contribution in [0.25, 0.3) is 0 Å². The first-order chi connectivity index (χ1) is 14.2. The van der Waals surface area contributed by atoms with Crippen molar-refractivity contribution in [3.63, 3.8) is 0 Å². The zero-order chi connectivity index (χ0) is 21.7. The number of hydrogen-bond acceptors (Lipinski definition) is 5. The van der Waals surface area contributed by atoms with Crippen LogP contribution in [0.2, 0.25) is 0 Å². The molecule has 2 aliphatic heterocycles. The van der Waals surface area contributed by atoms with Crippen LogP contribution < -0.4 is 0 Å². The summed E-state index contributed by atoms with van der Waals surface area (Å²) in [5.41, 5.74) is 0.578. The first-order valence-electron chi connectivity index (χ1n) is 10.7. The van der Waals surface area contributed by atoms with Gasteiger partial charge in [-0.1, -0.05) is 30.3 Å². The number of imide groups is 1. The first kappa shape index (κ1) is 22.1. The van der Waals surface area contributed by atoms with Crippen LogP contribution in [-0.4, -0.2) is 59.2 Å². The van der Waals surface area contributed by atoms with Gasteiger partial charge in [0.05, 0.1) is 6.04 Å². The lowest BCUT2D eigenvalue weighted by molar-refractivity contribution is -0.129. The maximum absolute atomic E-state index is 12.8. The Kier molecular flexibility index (Phi) is 7.00. The Bertz CT molecular complexity index is 751. The van der Waals surface area contributed by atoms with Crippen LogP contribution >= 0.6 is 0 Å². The van der Waals surface area contributed by atoms with Crippen LogP contribution in [0.5, 0.6) is 0 Å². The van der Waals surface area contributed by atoms with E-state index in [0.717, 1.165) is 18.4 Å². The molecule has 2 fully saturated rings. The van der Waals surface area contributed by atoms with Gasteiger partial charge >= 0.3 is 12.2 Å². The number of nitrogens with zero attached hydrogens (tertiary/aromatic N) is 2. The Morgan fingerprint density at radius 1 is 1.13 bits per heavy atom. The van der Waals surface area contributed by atoms with Gasteiger partial charge in [0.25, 0.3) is 0 Å². The number of benzene rings is 1. The van der Waals surface area contributed by atoms with Crippen molar-refractivity contribution < 1.29 is 23.9 Å². The molecule has 0 unspecified atom stereocenters. The zero-order valence-electron chi connectivity index (χ0n) is 18.1. The van der Waals surface area contributed by atoms with Gasteiger partial charge in [-0.2, -0.15) is 0 Å². The zero-order valence-corrected chi connectivity index (χ0v) is 18.1. The smallest absolute Gasteiger partial charge is 0.416 e. The molecule has 7 nitrogen and oxygen atoms in total. The summed E-state index contributed by atoms with van der Waals surface area (Å²) in [6.45, 7) is 7.09. The molecular formula is C23H32N2O5. The summed E-state index contributed by atoms with van der Waals surface area (Å²) in [5, 5.41) is 0. The predicted molar refractivity (Wildman–Crippen MR) is 112 cm³/mol. The summed E-state index contributed by atoms with van der Waals surface area (Å²) in [6, 6.07) is 9.57. The van der Waals surface area contributed by atoms with Gasteiger partial charge < -0.3 is 14.4 Å². The first-order valence-corrected chi connectivity index (χ1v) is 10.7. The molecule has 1 aromatic rings. The van der Waals surface area contributed by atoms with Gasteiger partial charge in [0.2, 0.25) is 5.91 Å². The molecule has 0 aliphatic carbocycles. The fourth-order valence-corrected chi connectivity index (χ4v) is 3.98. The number of carbonyl (C=O) groups is 3. The molecule has 2 saturated heterocycles. The molecule has 1 aromatic carbocycles. The molecule has 0 aromatic heterocycles. The minimum absolute atomic E-state index is 0.173. The minimum Gasteiger partial charge on any atom is -0.447 e. The van der Waals surface area contributed by atoms with Crippen molar-refractivity contribution in [1.29, 1.82) is 0 Å². The highest BCUT2D eigenvalue weighted by molar-refractivity contribution is 5.93. The molecule has 0 radical (unpaired) electrons. The highest BCUT2D eigenvalue weighted by Crippen LogP contribution is 2.25. The molecule has 0 saturated carbocycles. The van der Waals surface area contributed by atoms with Gasteiger partial charge in [0.15, 0.2) is 0 Å². The molecular weight excluding hydrogens is 384 g/mol. The molecule has 3 rings (SSSR count). The Hall–Kier alpha value is -2.57. The third kappa shape index (κ3) is 5.97. The lowest BCUT2D eigenvalue weighted by atomic mass is 9.92. The average Bonchev–Trinajstić information content (AvgIpc) is 3.06. The van der Waals surface area contributed by atoms with Gasteiger partial charge in [0.1, 0.15) is 12.2 Å². The van der Waals surface area contributed by atoms with Gasteiger partial charge in [-0.25, -0.2) is 14.5 Å². The van der Waals surface area contributed by atoms with E-state index in [4.69, 9.17) is 9.47 Å². The average molecular weight is 417 g/mol. The maximum Gasteiger partial charge on any atom is 0.416 e. The summed E-state index contributed by atoms with van der Waals surface area (Å²) in [5.74, 6) is 0.187. The number of carbonyl (C=O) groups excluding carboxylic acids is 3. The molecule has 2 aliphatic rings. The number of ether oxygens (including phenoxy) is 2. The SMILES string of the molecule is CC(C)(C)OC(=O)N1CCC(CCC(=O)N2C(=O)OC[C@H]2Cc2ccccc2)CC1. The third-order valence-corrected chi connectivity index (χ3v) is 5.58. The van der Waals surface area contributed by atoms with Crippen LogP contribution in [-0.2, 0) is 20.7 Å². The highest BCUT2D eigenvalue weighted by atomic mass is 16.6. The van der Waals surface area contributed by atoms with E-state index in [0.29, 0.717) is 38.3 Å². The van der Waals surface area contributed by atoms with Gasteiger partial charge in [0, 0.05) is 19.5 Å². The van der Waals surface area contributed by atoms with E-state index in [-0.39, 0.29) is 24.6 Å². The molecule has 0 spiro atoms. The van der Waals surface area contributed by atoms with Crippen LogP contribution in [0.15, 0.2) is 30.3 Å². The van der Waals surface area contributed by atoms with Crippen molar-refractivity contribution in [3.8, 4) is 0 Å². The molecule has 164 valence electrons. The second-order valence-corrected chi connectivity index (χ2v) is 9.13. The second kappa shape index (κ2) is 9.49. The monoisotopic (exact) mass is 416 g/mol. The normalized spacial score (nSPS) is 20.2. The highest BCUT2D eigenvalue weighted by Gasteiger charge is 2.38. The molecule has 2 heterocycles. The minimum atomic E-state index is -0.541. The fourth-order valence-electron chi connectivity index (χ4n) is 3.98. The van der Waals surface area contributed by atoms with E-state index in [1.54, 1.807) is 4.90 Å². The summed E-state index contributed by atoms with van der Waals surface area (Å²) < 4.78 is 10.6. The van der Waals surface area contributed by atoms with Gasteiger partial charge in [-0.05, 0) is 57.9 Å². The Morgan fingerprint density at radius 3 is 2.43 bits per heavy atom. The lowest BCUT2D eigenvalue weighted by Crippen LogP contribution is -2.42. The van der Waals surface area contributed by atoms with Crippen molar-refractivity contribution in [2.24, 2.45) is 5.92 Å². The van der Waals surface area contributed by atoms with Crippen LogP contribution in [0, 0.1) is 5.92 Å². The van der Waals surface area contributed by atoms with Crippen LogP contribution in [0.1, 0.15) is 52.0 Å². The van der Waals surface area contributed by atoms with E-state index in [1.165, 1.54) is 4.90 Å². The molecule has 7 heteroatoms. The van der Waals surface area contributed by atoms with Crippen LogP contribution in [0.3, 0.4) is 0 Å². The van der Waals surface area contributed by atoms with Gasteiger partial charge in [-0.15, -0.1) is 0 Å². The summed E-state index contributed by atoms with van der Waals surface area (Å²) in [6.07, 6.45) is 2.49. The van der Waals surface area contributed by atoms with Gasteiger partial charge in [-0.3, -0.25) is 4.79 Å². The quantitative estimate of drug-likeness (QED) is 0.725. The summed E-state index contributed by atoms with van der Waals surface area (Å²) in [7, 11) is 0. The fraction of sp³-hybridized carbons (Fsp3) is 0.609. The Morgan fingerprint density at radius 2 is 1.80 bits per heavy atom. The predicted octanol–water partition coefficient (Wildman–Crippen LogP) is 4.00. The topological polar surface area (TPSA) is 76.2 Å². The standard InChI is InChI=1S/C23H32N2O5/c1-23(2,3)30-21(27)24-13-11-17(12-14-24)9-10-20(26)25-19(16-29-22(25)28)15-18-7-5-4-6-8-18/h4-8,17,19H,9-16H2,1-3H3/t19-/m1/s1. The van der Waals surface area contributed by atoms with E-state index in [1.807, 2.05) is 51.1 Å². The lowest BCUT2D eigenvalue weighted by Gasteiger charge is -2.33. The second-order valence-electron chi connectivity index (χ2n) is 9.13. The number of rotatable bonds is 5. The van der Waals surface area contributed by atoms with Crippen molar-refractivity contribution in [2.75, 3.05) is 19.7 Å². The molecule has 3 amide bonds. The molecule has 30 heavy (non-hydrogen) atoms. The van der Waals surface area contributed by atoms with E-state index < -0.39 is 11.7 Å². The number of hydrogen-bond donors (Lipinski definition) is 0. The molecule has 0 N–H and O–H groups in total.